The molecule has 2 fully saturated rings. The van der Waals surface area contributed by atoms with Gasteiger partial charge in [-0.2, -0.15) is 0 Å². The zero-order valence-corrected chi connectivity index (χ0v) is 22.6. The van der Waals surface area contributed by atoms with Gasteiger partial charge < -0.3 is 15.1 Å². The molecule has 1 spiro atoms. The van der Waals surface area contributed by atoms with Crippen LogP contribution in [0.3, 0.4) is 0 Å². The van der Waals surface area contributed by atoms with E-state index < -0.39 is 35.1 Å². The lowest BCUT2D eigenvalue weighted by Crippen LogP contribution is -2.64. The maximum absolute atomic E-state index is 14.3. The molecule has 4 heterocycles. The van der Waals surface area contributed by atoms with E-state index in [1.807, 2.05) is 4.90 Å². The largest absolute Gasteiger partial charge is 0.354 e. The summed E-state index contributed by atoms with van der Waals surface area (Å²) in [5, 5.41) is 2.92. The molecule has 12 heteroatoms. The number of nitrogens with zero attached hydrogens (tertiary/aromatic N) is 4. The number of amides is 2. The monoisotopic (exact) mass is 587 g/mol. The van der Waals surface area contributed by atoms with E-state index in [1.165, 1.54) is 24.3 Å². The summed E-state index contributed by atoms with van der Waals surface area (Å²) < 4.78 is 54.3. The fourth-order valence-corrected chi connectivity index (χ4v) is 6.40. The predicted octanol–water partition coefficient (Wildman–Crippen LogP) is 5.44. The van der Waals surface area contributed by atoms with Crippen LogP contribution in [0.4, 0.5) is 29.1 Å². The van der Waals surface area contributed by atoms with Gasteiger partial charge in [-0.3, -0.25) is 14.6 Å². The summed E-state index contributed by atoms with van der Waals surface area (Å²) in [4.78, 5) is 37.9. The van der Waals surface area contributed by atoms with Gasteiger partial charge in [0.2, 0.25) is 5.91 Å². The minimum absolute atomic E-state index is 0.0940. The van der Waals surface area contributed by atoms with E-state index in [-0.39, 0.29) is 28.5 Å². The van der Waals surface area contributed by atoms with Crippen molar-refractivity contribution in [2.75, 3.05) is 29.4 Å². The number of fused-ring (bicyclic) bond motifs is 2. The number of anilines is 2. The molecular weight excluding hydrogens is 562 g/mol. The molecule has 3 aliphatic rings. The number of aromatic nitrogens is 2. The molecule has 0 atom stereocenters. The van der Waals surface area contributed by atoms with Crippen molar-refractivity contribution >= 4 is 34.9 Å². The number of halogens is 5. The molecule has 1 N–H and O–H groups in total. The van der Waals surface area contributed by atoms with Gasteiger partial charge in [0.05, 0.1) is 22.5 Å². The van der Waals surface area contributed by atoms with Gasteiger partial charge in [0.25, 0.3) is 12.3 Å². The summed E-state index contributed by atoms with van der Waals surface area (Å²) in [5.41, 5.74) is -0.347. The maximum Gasteiger partial charge on any atom is 0.281 e. The molecule has 2 aliphatic heterocycles. The molecular formula is C29H26ClF4N5O2. The minimum atomic E-state index is -2.91. The van der Waals surface area contributed by atoms with E-state index in [9.17, 15) is 27.2 Å². The van der Waals surface area contributed by atoms with Crippen molar-refractivity contribution in [3.63, 3.8) is 0 Å². The summed E-state index contributed by atoms with van der Waals surface area (Å²) in [6, 6.07) is 8.28. The molecule has 0 unspecified atom stereocenters. The van der Waals surface area contributed by atoms with Crippen molar-refractivity contribution < 1.29 is 27.2 Å². The second kappa shape index (κ2) is 10.6. The number of nitrogens with one attached hydrogen (secondary N) is 1. The van der Waals surface area contributed by atoms with E-state index in [0.717, 1.165) is 18.0 Å². The van der Waals surface area contributed by atoms with Crippen LogP contribution in [-0.2, 0) is 10.2 Å². The van der Waals surface area contributed by atoms with Crippen molar-refractivity contribution in [2.45, 2.75) is 43.6 Å². The molecule has 3 aromatic rings. The van der Waals surface area contributed by atoms with Gasteiger partial charge in [0.1, 0.15) is 28.6 Å². The Hall–Kier alpha value is -3.73. The third-order valence-corrected chi connectivity index (χ3v) is 8.54. The highest BCUT2D eigenvalue weighted by Gasteiger charge is 2.58. The topological polar surface area (TPSA) is 78.4 Å². The van der Waals surface area contributed by atoms with Crippen molar-refractivity contribution in [1.82, 2.24) is 15.3 Å². The second-order valence-corrected chi connectivity index (χ2v) is 11.4. The molecule has 1 saturated carbocycles. The van der Waals surface area contributed by atoms with Crippen LogP contribution < -0.4 is 15.1 Å². The van der Waals surface area contributed by atoms with Crippen LogP contribution in [0.1, 0.15) is 53.7 Å². The number of carbonyl (C=O) groups is 2. The number of hydrogen-bond acceptors (Lipinski definition) is 5. The lowest BCUT2D eigenvalue weighted by molar-refractivity contribution is -0.124. The summed E-state index contributed by atoms with van der Waals surface area (Å²) in [6.07, 6.45) is 1.88. The molecule has 2 amide bonds. The first kappa shape index (κ1) is 27.4. The summed E-state index contributed by atoms with van der Waals surface area (Å²) in [5.74, 6) is -0.939. The molecule has 2 aromatic heterocycles. The van der Waals surface area contributed by atoms with Crippen molar-refractivity contribution in [1.29, 1.82) is 0 Å². The normalized spacial score (nSPS) is 21.3. The van der Waals surface area contributed by atoms with Gasteiger partial charge in [0, 0.05) is 31.9 Å². The van der Waals surface area contributed by atoms with E-state index in [1.54, 1.807) is 17.0 Å². The maximum atomic E-state index is 14.3. The highest BCUT2D eigenvalue weighted by molar-refractivity contribution is 6.30. The lowest BCUT2D eigenvalue weighted by Gasteiger charge is -2.47. The number of pyridine rings is 2. The number of benzene rings is 1. The van der Waals surface area contributed by atoms with Gasteiger partial charge in [-0.25, -0.2) is 22.5 Å². The standard InChI is InChI=1S/C29H26ClF4N5O2/c30-17-9-21(25(26(33)34)36-11-17)27(40)37-20-5-1-16(2-6-20)13-39-23-10-18(31)3-7-22(23)29(28(39)41)14-38(15-29)24-8-4-19(32)12-35-24/h3-4,7-12,16,20,26H,1-2,5-6,13-15H2,(H,37,40). The Morgan fingerprint density at radius 2 is 1.76 bits per heavy atom. The zero-order chi connectivity index (χ0) is 28.9. The number of carbonyl (C=O) groups excluding carboxylic acids is 2. The Morgan fingerprint density at radius 1 is 1.02 bits per heavy atom. The Morgan fingerprint density at radius 3 is 2.44 bits per heavy atom. The van der Waals surface area contributed by atoms with Crippen LogP contribution in [0.15, 0.2) is 48.8 Å². The average Bonchev–Trinajstić information content (AvgIpc) is 3.16. The van der Waals surface area contributed by atoms with Crippen LogP contribution in [0, 0.1) is 17.6 Å². The quantitative estimate of drug-likeness (QED) is 0.389. The fourth-order valence-electron chi connectivity index (χ4n) is 6.24. The van der Waals surface area contributed by atoms with Gasteiger partial charge in [-0.1, -0.05) is 17.7 Å². The highest BCUT2D eigenvalue weighted by Crippen LogP contribution is 2.49. The van der Waals surface area contributed by atoms with Crippen molar-refractivity contribution in [3.8, 4) is 0 Å². The minimum Gasteiger partial charge on any atom is -0.354 e. The first-order chi connectivity index (χ1) is 19.6. The second-order valence-electron chi connectivity index (χ2n) is 10.9. The third-order valence-electron chi connectivity index (χ3n) is 8.34. The summed E-state index contributed by atoms with van der Waals surface area (Å²) >= 11 is 5.88. The number of hydrogen-bond donors (Lipinski definition) is 1. The van der Waals surface area contributed by atoms with E-state index in [4.69, 9.17) is 11.6 Å². The van der Waals surface area contributed by atoms with Crippen LogP contribution in [-0.4, -0.2) is 47.5 Å². The number of alkyl halides is 2. The predicted molar refractivity (Wildman–Crippen MR) is 144 cm³/mol. The van der Waals surface area contributed by atoms with Gasteiger partial charge in [-0.15, -0.1) is 0 Å². The van der Waals surface area contributed by atoms with Crippen LogP contribution in [0.25, 0.3) is 0 Å². The van der Waals surface area contributed by atoms with Gasteiger partial charge in [0.15, 0.2) is 0 Å². The van der Waals surface area contributed by atoms with Crippen LogP contribution in [0.2, 0.25) is 5.02 Å². The van der Waals surface area contributed by atoms with E-state index >= 15 is 0 Å². The van der Waals surface area contributed by atoms with Gasteiger partial charge >= 0.3 is 0 Å². The van der Waals surface area contributed by atoms with Gasteiger partial charge in [-0.05, 0) is 67.5 Å². The van der Waals surface area contributed by atoms with Crippen molar-refractivity contribution in [2.24, 2.45) is 5.92 Å². The fraction of sp³-hybridized carbons (Fsp3) is 0.379. The summed E-state index contributed by atoms with van der Waals surface area (Å²) in [7, 11) is 0. The molecule has 1 aromatic carbocycles. The molecule has 0 bridgehead atoms. The average molecular weight is 588 g/mol. The Labute approximate surface area is 238 Å². The Bertz CT molecular complexity index is 1490. The van der Waals surface area contributed by atoms with Crippen LogP contribution in [0.5, 0.6) is 0 Å². The molecule has 6 rings (SSSR count). The first-order valence-corrected chi connectivity index (χ1v) is 13.8. The van der Waals surface area contributed by atoms with E-state index in [2.05, 4.69) is 15.3 Å². The lowest BCUT2D eigenvalue weighted by atomic mass is 9.74. The molecule has 7 nitrogen and oxygen atoms in total. The molecule has 214 valence electrons. The number of rotatable bonds is 6. The smallest absolute Gasteiger partial charge is 0.281 e. The third kappa shape index (κ3) is 5.00. The molecule has 1 saturated heterocycles. The molecule has 1 aliphatic carbocycles. The first-order valence-electron chi connectivity index (χ1n) is 13.4. The Kier molecular flexibility index (Phi) is 7.09. The molecule has 41 heavy (non-hydrogen) atoms. The highest BCUT2D eigenvalue weighted by atomic mass is 35.5. The Balaban J connectivity index is 1.11. The van der Waals surface area contributed by atoms with E-state index in [0.29, 0.717) is 56.8 Å². The van der Waals surface area contributed by atoms with Crippen LogP contribution >= 0.6 is 11.6 Å². The SMILES string of the molecule is O=C(NC1CCC(CN2C(=O)C3(CN(c4ccc(F)cn4)C3)c3ccc(F)cc32)CC1)c1cc(Cl)cnc1C(F)F. The van der Waals surface area contributed by atoms with Crippen molar-refractivity contribution in [3.05, 3.63) is 82.3 Å². The zero-order valence-electron chi connectivity index (χ0n) is 21.8. The summed E-state index contributed by atoms with van der Waals surface area (Å²) in [6.45, 7) is 1.12. The molecule has 0 radical (unpaired) electrons.